The minimum atomic E-state index is -0.706. The highest BCUT2D eigenvalue weighted by atomic mass is 16.5. The van der Waals surface area contributed by atoms with E-state index in [2.05, 4.69) is 35.1 Å². The fourth-order valence-electron chi connectivity index (χ4n) is 2.48. The molecule has 2 heterocycles. The smallest absolute Gasteiger partial charge is 0.105 e. The van der Waals surface area contributed by atoms with Gasteiger partial charge in [-0.25, -0.2) is 0 Å². The van der Waals surface area contributed by atoms with Gasteiger partial charge in [0.2, 0.25) is 0 Å². The molecule has 1 aromatic rings. The molecule has 4 nitrogen and oxygen atoms in total. The summed E-state index contributed by atoms with van der Waals surface area (Å²) in [6, 6.07) is 4.20. The predicted octanol–water partition coefficient (Wildman–Crippen LogP) is 1.53. The Morgan fingerprint density at radius 3 is 3.11 bits per heavy atom. The number of nitrogens with zero attached hydrogens (tertiary/aromatic N) is 1. The molecular formula is C14H24N2O2. The molecule has 1 aromatic heterocycles. The molecule has 0 amide bonds. The van der Waals surface area contributed by atoms with Gasteiger partial charge in [0.1, 0.15) is 5.60 Å². The van der Waals surface area contributed by atoms with E-state index < -0.39 is 5.60 Å². The second-order valence-electron chi connectivity index (χ2n) is 5.16. The van der Waals surface area contributed by atoms with Crippen LogP contribution in [0.4, 0.5) is 0 Å². The third-order valence-corrected chi connectivity index (χ3v) is 3.78. The van der Waals surface area contributed by atoms with E-state index in [1.165, 1.54) is 5.69 Å². The van der Waals surface area contributed by atoms with E-state index >= 15 is 0 Å². The third kappa shape index (κ3) is 2.94. The van der Waals surface area contributed by atoms with Crippen LogP contribution in [0.3, 0.4) is 0 Å². The molecule has 1 aliphatic heterocycles. The number of aryl methyl sites for hydroxylation is 1. The van der Waals surface area contributed by atoms with Crippen molar-refractivity contribution in [1.29, 1.82) is 0 Å². The van der Waals surface area contributed by atoms with Crippen molar-refractivity contribution < 1.29 is 9.84 Å². The van der Waals surface area contributed by atoms with Gasteiger partial charge in [-0.05, 0) is 25.5 Å². The second kappa shape index (κ2) is 5.87. The first-order valence-electron chi connectivity index (χ1n) is 6.84. The standard InChI is InChI=1S/C14H24N2O2/c1-3-7-16-8-4-5-13(16)10-15-11-14(17)6-9-18-12(14)2/h4-5,8,12,15,17H,3,6-7,9-11H2,1-2H3. The maximum absolute atomic E-state index is 10.4. The van der Waals surface area contributed by atoms with E-state index in [0.29, 0.717) is 13.2 Å². The second-order valence-corrected chi connectivity index (χ2v) is 5.16. The van der Waals surface area contributed by atoms with Gasteiger partial charge in [-0.3, -0.25) is 0 Å². The number of rotatable bonds is 6. The normalized spacial score (nSPS) is 27.8. The summed E-state index contributed by atoms with van der Waals surface area (Å²) >= 11 is 0. The lowest BCUT2D eigenvalue weighted by atomic mass is 9.97. The molecule has 0 aromatic carbocycles. The molecule has 102 valence electrons. The van der Waals surface area contributed by atoms with Gasteiger partial charge in [-0.15, -0.1) is 0 Å². The first kappa shape index (κ1) is 13.6. The molecular weight excluding hydrogens is 228 g/mol. The summed E-state index contributed by atoms with van der Waals surface area (Å²) in [5.41, 5.74) is 0.564. The maximum Gasteiger partial charge on any atom is 0.105 e. The minimum Gasteiger partial charge on any atom is -0.386 e. The molecule has 0 radical (unpaired) electrons. The molecule has 2 atom stereocenters. The molecule has 2 N–H and O–H groups in total. The Morgan fingerprint density at radius 1 is 1.61 bits per heavy atom. The average molecular weight is 252 g/mol. The van der Waals surface area contributed by atoms with Crippen molar-refractivity contribution >= 4 is 0 Å². The molecule has 0 saturated carbocycles. The van der Waals surface area contributed by atoms with Crippen LogP contribution in [0.5, 0.6) is 0 Å². The summed E-state index contributed by atoms with van der Waals surface area (Å²) in [6.07, 6.45) is 3.89. The number of hydrogen-bond donors (Lipinski definition) is 2. The fourth-order valence-corrected chi connectivity index (χ4v) is 2.48. The van der Waals surface area contributed by atoms with E-state index in [1.807, 2.05) is 6.92 Å². The van der Waals surface area contributed by atoms with E-state index in [1.54, 1.807) is 0 Å². The molecule has 0 spiro atoms. The van der Waals surface area contributed by atoms with Gasteiger partial charge in [0.05, 0.1) is 6.10 Å². The largest absolute Gasteiger partial charge is 0.386 e. The van der Waals surface area contributed by atoms with Crippen molar-refractivity contribution in [3.63, 3.8) is 0 Å². The van der Waals surface area contributed by atoms with E-state index in [-0.39, 0.29) is 6.10 Å². The highest BCUT2D eigenvalue weighted by molar-refractivity contribution is 5.07. The number of hydrogen-bond acceptors (Lipinski definition) is 3. The molecule has 1 saturated heterocycles. The first-order chi connectivity index (χ1) is 8.65. The number of ether oxygens (including phenoxy) is 1. The van der Waals surface area contributed by atoms with Crippen LogP contribution >= 0.6 is 0 Å². The Bertz CT molecular complexity index is 378. The van der Waals surface area contributed by atoms with Gasteiger partial charge in [-0.1, -0.05) is 6.92 Å². The van der Waals surface area contributed by atoms with Gasteiger partial charge in [0.25, 0.3) is 0 Å². The van der Waals surface area contributed by atoms with Crippen molar-refractivity contribution in [2.75, 3.05) is 13.2 Å². The summed E-state index contributed by atoms with van der Waals surface area (Å²) in [7, 11) is 0. The zero-order chi connectivity index (χ0) is 13.0. The summed E-state index contributed by atoms with van der Waals surface area (Å²) in [4.78, 5) is 0. The van der Waals surface area contributed by atoms with Crippen LogP contribution in [0.2, 0.25) is 0 Å². The molecule has 4 heteroatoms. The lowest BCUT2D eigenvalue weighted by Gasteiger charge is -2.26. The van der Waals surface area contributed by atoms with Gasteiger partial charge < -0.3 is 19.7 Å². The first-order valence-corrected chi connectivity index (χ1v) is 6.84. The third-order valence-electron chi connectivity index (χ3n) is 3.78. The van der Waals surface area contributed by atoms with Gasteiger partial charge in [0.15, 0.2) is 0 Å². The van der Waals surface area contributed by atoms with Gasteiger partial charge in [-0.2, -0.15) is 0 Å². The number of nitrogens with one attached hydrogen (secondary N) is 1. The Hall–Kier alpha value is -0.840. The van der Waals surface area contributed by atoms with Crippen LogP contribution in [0, 0.1) is 0 Å². The predicted molar refractivity (Wildman–Crippen MR) is 71.4 cm³/mol. The number of aromatic nitrogens is 1. The Balaban J connectivity index is 1.83. The molecule has 2 unspecified atom stereocenters. The van der Waals surface area contributed by atoms with E-state index in [4.69, 9.17) is 4.74 Å². The van der Waals surface area contributed by atoms with Crippen molar-refractivity contribution in [2.45, 2.75) is 51.5 Å². The van der Waals surface area contributed by atoms with Gasteiger partial charge in [0, 0.05) is 44.6 Å². The molecule has 2 rings (SSSR count). The lowest BCUT2D eigenvalue weighted by Crippen LogP contribution is -2.45. The topological polar surface area (TPSA) is 46.4 Å². The minimum absolute atomic E-state index is 0.0765. The van der Waals surface area contributed by atoms with Crippen LogP contribution in [-0.2, 0) is 17.8 Å². The fraction of sp³-hybridized carbons (Fsp3) is 0.714. The van der Waals surface area contributed by atoms with Crippen LogP contribution in [-0.4, -0.2) is 34.5 Å². The Morgan fingerprint density at radius 2 is 2.44 bits per heavy atom. The zero-order valence-corrected chi connectivity index (χ0v) is 11.4. The van der Waals surface area contributed by atoms with Crippen LogP contribution in [0.1, 0.15) is 32.4 Å². The molecule has 1 fully saturated rings. The maximum atomic E-state index is 10.4. The molecule has 18 heavy (non-hydrogen) atoms. The van der Waals surface area contributed by atoms with Crippen LogP contribution < -0.4 is 5.32 Å². The van der Waals surface area contributed by atoms with Crippen LogP contribution in [0.15, 0.2) is 18.3 Å². The average Bonchev–Trinajstić information content (AvgIpc) is 2.89. The van der Waals surface area contributed by atoms with Crippen molar-refractivity contribution in [1.82, 2.24) is 9.88 Å². The summed E-state index contributed by atoms with van der Waals surface area (Å²) in [5.74, 6) is 0. The van der Waals surface area contributed by atoms with Crippen molar-refractivity contribution in [2.24, 2.45) is 0 Å². The summed E-state index contributed by atoms with van der Waals surface area (Å²) in [6.45, 7) is 7.21. The van der Waals surface area contributed by atoms with Gasteiger partial charge >= 0.3 is 0 Å². The quantitative estimate of drug-likeness (QED) is 0.807. The van der Waals surface area contributed by atoms with Crippen molar-refractivity contribution in [3.8, 4) is 0 Å². The van der Waals surface area contributed by atoms with Crippen LogP contribution in [0.25, 0.3) is 0 Å². The SMILES string of the molecule is CCCn1cccc1CNCC1(O)CCOC1C. The Kier molecular flexibility index (Phi) is 4.43. The lowest BCUT2D eigenvalue weighted by molar-refractivity contribution is -0.0263. The highest BCUT2D eigenvalue weighted by Crippen LogP contribution is 2.24. The summed E-state index contributed by atoms with van der Waals surface area (Å²) < 4.78 is 7.68. The Labute approximate surface area is 109 Å². The molecule has 0 aliphatic carbocycles. The molecule has 0 bridgehead atoms. The summed E-state index contributed by atoms with van der Waals surface area (Å²) in [5, 5.41) is 13.7. The monoisotopic (exact) mass is 252 g/mol. The van der Waals surface area contributed by atoms with E-state index in [9.17, 15) is 5.11 Å². The van der Waals surface area contributed by atoms with Crippen molar-refractivity contribution in [3.05, 3.63) is 24.0 Å². The zero-order valence-electron chi connectivity index (χ0n) is 11.4. The molecule has 1 aliphatic rings. The highest BCUT2D eigenvalue weighted by Gasteiger charge is 2.38. The number of aliphatic hydroxyl groups is 1. The van der Waals surface area contributed by atoms with E-state index in [0.717, 1.165) is 25.9 Å².